The summed E-state index contributed by atoms with van der Waals surface area (Å²) in [7, 11) is 1.66. The van der Waals surface area contributed by atoms with E-state index in [2.05, 4.69) is 5.32 Å². The number of carbonyl (C=O) groups is 2. The lowest BCUT2D eigenvalue weighted by Crippen LogP contribution is -2.68. The van der Waals surface area contributed by atoms with Crippen LogP contribution in [0.4, 0.5) is 0 Å². The van der Waals surface area contributed by atoms with E-state index in [1.165, 1.54) is 0 Å². The number of hydrogen-bond donors (Lipinski definition) is 1. The van der Waals surface area contributed by atoms with Crippen molar-refractivity contribution >= 4 is 11.8 Å². The fourth-order valence-electron chi connectivity index (χ4n) is 2.28. The van der Waals surface area contributed by atoms with Gasteiger partial charge < -0.3 is 15.0 Å². The van der Waals surface area contributed by atoms with Crippen molar-refractivity contribution in [3.8, 4) is 0 Å². The predicted octanol–water partition coefficient (Wildman–Crippen LogP) is 0.929. The third-order valence-electron chi connectivity index (χ3n) is 3.29. The molecule has 18 heavy (non-hydrogen) atoms. The minimum Gasteiger partial charge on any atom is -0.385 e. The Balaban J connectivity index is 2.68. The summed E-state index contributed by atoms with van der Waals surface area (Å²) in [5.41, 5.74) is -0.788. The zero-order valence-electron chi connectivity index (χ0n) is 11.8. The van der Waals surface area contributed by atoms with E-state index in [9.17, 15) is 9.59 Å². The maximum absolute atomic E-state index is 12.3. The summed E-state index contributed by atoms with van der Waals surface area (Å²) in [6.45, 7) is 6.74. The van der Waals surface area contributed by atoms with Crippen molar-refractivity contribution in [3.05, 3.63) is 0 Å². The Kier molecular flexibility index (Phi) is 5.14. The number of nitrogens with one attached hydrogen (secondary N) is 1. The summed E-state index contributed by atoms with van der Waals surface area (Å²) in [5.74, 6) is -0.0415. The van der Waals surface area contributed by atoms with Gasteiger partial charge in [-0.25, -0.2) is 0 Å². The van der Waals surface area contributed by atoms with Crippen molar-refractivity contribution in [1.82, 2.24) is 10.2 Å². The number of unbranched alkanes of at least 4 members (excludes halogenated alkanes) is 1. The minimum absolute atomic E-state index is 0.00590. The van der Waals surface area contributed by atoms with E-state index in [1.807, 2.05) is 6.92 Å². The van der Waals surface area contributed by atoms with Crippen LogP contribution in [0.3, 0.4) is 0 Å². The third-order valence-corrected chi connectivity index (χ3v) is 3.29. The normalized spacial score (nSPS) is 23.1. The van der Waals surface area contributed by atoms with E-state index >= 15 is 0 Å². The van der Waals surface area contributed by atoms with Crippen LogP contribution in [-0.2, 0) is 14.3 Å². The number of methoxy groups -OCH3 is 1. The van der Waals surface area contributed by atoms with Crippen LogP contribution in [0.15, 0.2) is 0 Å². The Labute approximate surface area is 109 Å². The lowest BCUT2D eigenvalue weighted by Gasteiger charge is -2.42. The third kappa shape index (κ3) is 3.22. The molecule has 0 saturated carbocycles. The molecule has 0 aromatic heterocycles. The molecule has 1 fully saturated rings. The van der Waals surface area contributed by atoms with Gasteiger partial charge in [0.2, 0.25) is 11.8 Å². The first-order chi connectivity index (χ1) is 8.44. The van der Waals surface area contributed by atoms with Gasteiger partial charge in [0.05, 0.1) is 0 Å². The molecule has 5 heteroatoms. The van der Waals surface area contributed by atoms with Gasteiger partial charge >= 0.3 is 0 Å². The van der Waals surface area contributed by atoms with E-state index in [-0.39, 0.29) is 17.9 Å². The molecule has 1 rings (SSSR count). The smallest absolute Gasteiger partial charge is 0.248 e. The van der Waals surface area contributed by atoms with Crippen LogP contribution < -0.4 is 5.32 Å². The second-order valence-electron chi connectivity index (χ2n) is 5.24. The maximum atomic E-state index is 12.3. The molecule has 0 aromatic rings. The lowest BCUT2D eigenvalue weighted by molar-refractivity contribution is -0.153. The van der Waals surface area contributed by atoms with Crippen molar-refractivity contribution in [2.45, 2.75) is 51.6 Å². The van der Waals surface area contributed by atoms with E-state index < -0.39 is 5.54 Å². The predicted molar refractivity (Wildman–Crippen MR) is 69.1 cm³/mol. The summed E-state index contributed by atoms with van der Waals surface area (Å²) in [6, 6.07) is -0.326. The fourth-order valence-corrected chi connectivity index (χ4v) is 2.28. The molecule has 0 radical (unpaired) electrons. The largest absolute Gasteiger partial charge is 0.385 e. The summed E-state index contributed by atoms with van der Waals surface area (Å²) in [4.78, 5) is 26.0. The molecule has 1 unspecified atom stereocenters. The van der Waals surface area contributed by atoms with Gasteiger partial charge in [0.25, 0.3) is 0 Å². The molecule has 0 bridgehead atoms. The second kappa shape index (κ2) is 6.18. The van der Waals surface area contributed by atoms with Crippen LogP contribution >= 0.6 is 0 Å². The van der Waals surface area contributed by atoms with Crippen LogP contribution in [0.1, 0.15) is 40.0 Å². The molecule has 1 aliphatic rings. The molecule has 1 heterocycles. The topological polar surface area (TPSA) is 58.6 Å². The van der Waals surface area contributed by atoms with Gasteiger partial charge in [-0.05, 0) is 33.1 Å². The number of piperazine rings is 1. The highest BCUT2D eigenvalue weighted by molar-refractivity contribution is 5.99. The monoisotopic (exact) mass is 256 g/mol. The zero-order chi connectivity index (χ0) is 13.8. The van der Waals surface area contributed by atoms with E-state index in [0.29, 0.717) is 19.6 Å². The molecule has 2 amide bonds. The fraction of sp³-hybridized carbons (Fsp3) is 0.846. The Morgan fingerprint density at radius 2 is 2.00 bits per heavy atom. The van der Waals surface area contributed by atoms with Gasteiger partial charge in [-0.1, -0.05) is 6.92 Å². The molecule has 5 nitrogen and oxygen atoms in total. The minimum atomic E-state index is -0.788. The first-order valence-electron chi connectivity index (χ1n) is 6.56. The van der Waals surface area contributed by atoms with Crippen molar-refractivity contribution in [3.63, 3.8) is 0 Å². The van der Waals surface area contributed by atoms with E-state index in [0.717, 1.165) is 12.8 Å². The van der Waals surface area contributed by atoms with Gasteiger partial charge in [0, 0.05) is 20.3 Å². The van der Waals surface area contributed by atoms with Crippen molar-refractivity contribution in [2.24, 2.45) is 0 Å². The number of hydrogen-bond acceptors (Lipinski definition) is 3. The van der Waals surface area contributed by atoms with Crippen LogP contribution in [0, 0.1) is 0 Å². The van der Waals surface area contributed by atoms with Crippen molar-refractivity contribution < 1.29 is 14.3 Å². The quantitative estimate of drug-likeness (QED) is 0.719. The highest BCUT2D eigenvalue weighted by atomic mass is 16.5. The summed E-state index contributed by atoms with van der Waals surface area (Å²) in [5, 5.41) is 2.78. The van der Waals surface area contributed by atoms with Crippen LogP contribution in [0.5, 0.6) is 0 Å². The molecule has 1 N–H and O–H groups in total. The SMILES string of the molecule is CCC1C(=O)NC(C)(C)C(=O)N1CCCCOC. The second-order valence-corrected chi connectivity index (χ2v) is 5.24. The average Bonchev–Trinajstić information content (AvgIpc) is 2.30. The van der Waals surface area contributed by atoms with Gasteiger partial charge in [-0.2, -0.15) is 0 Å². The summed E-state index contributed by atoms with van der Waals surface area (Å²) in [6.07, 6.45) is 2.41. The molecule has 104 valence electrons. The van der Waals surface area contributed by atoms with Crippen molar-refractivity contribution in [1.29, 1.82) is 0 Å². The molecule has 0 aliphatic carbocycles. The number of ether oxygens (including phenoxy) is 1. The number of rotatable bonds is 6. The molecule has 1 atom stereocenters. The van der Waals surface area contributed by atoms with Crippen LogP contribution in [0.25, 0.3) is 0 Å². The standard InChI is InChI=1S/C13H24N2O3/c1-5-10-11(16)14-13(2,3)12(17)15(10)8-6-7-9-18-4/h10H,5-9H2,1-4H3,(H,14,16). The first kappa shape index (κ1) is 15.0. The molecule has 0 spiro atoms. The maximum Gasteiger partial charge on any atom is 0.248 e. The molecule has 0 aromatic carbocycles. The molecule has 1 aliphatic heterocycles. The highest BCUT2D eigenvalue weighted by Gasteiger charge is 2.43. The molecular weight excluding hydrogens is 232 g/mol. The van der Waals surface area contributed by atoms with Crippen LogP contribution in [-0.4, -0.2) is 48.6 Å². The van der Waals surface area contributed by atoms with Gasteiger partial charge in [-0.3, -0.25) is 9.59 Å². The highest BCUT2D eigenvalue weighted by Crippen LogP contribution is 2.20. The molecule has 1 saturated heterocycles. The Bertz CT molecular complexity index is 315. The summed E-state index contributed by atoms with van der Waals surface area (Å²) >= 11 is 0. The number of amides is 2. The van der Waals surface area contributed by atoms with Gasteiger partial charge in [-0.15, -0.1) is 0 Å². The summed E-state index contributed by atoms with van der Waals surface area (Å²) < 4.78 is 4.99. The van der Waals surface area contributed by atoms with Gasteiger partial charge in [0.15, 0.2) is 0 Å². The molecular formula is C13H24N2O3. The number of nitrogens with zero attached hydrogens (tertiary/aromatic N) is 1. The Hall–Kier alpha value is -1.10. The van der Waals surface area contributed by atoms with Gasteiger partial charge in [0.1, 0.15) is 11.6 Å². The Morgan fingerprint density at radius 3 is 2.56 bits per heavy atom. The zero-order valence-corrected chi connectivity index (χ0v) is 11.8. The first-order valence-corrected chi connectivity index (χ1v) is 6.56. The van der Waals surface area contributed by atoms with E-state index in [1.54, 1.807) is 25.9 Å². The lowest BCUT2D eigenvalue weighted by atomic mass is 9.95. The van der Waals surface area contributed by atoms with Crippen molar-refractivity contribution in [2.75, 3.05) is 20.3 Å². The average molecular weight is 256 g/mol. The van der Waals surface area contributed by atoms with E-state index in [4.69, 9.17) is 4.74 Å². The Morgan fingerprint density at radius 1 is 1.33 bits per heavy atom. The number of carbonyl (C=O) groups excluding carboxylic acids is 2. The van der Waals surface area contributed by atoms with Crippen LogP contribution in [0.2, 0.25) is 0 Å².